The molecule has 0 spiro atoms. The zero-order chi connectivity index (χ0) is 9.84. The normalized spacial score (nSPS) is 9.23. The largest absolute Gasteiger partial charge is 0.507 e. The van der Waals surface area contributed by atoms with Crippen LogP contribution in [-0.4, -0.2) is 5.11 Å². The van der Waals surface area contributed by atoms with Crippen molar-refractivity contribution in [3.05, 3.63) is 48.6 Å². The topological polar surface area (TPSA) is 20.2 Å². The fourth-order valence-corrected chi connectivity index (χ4v) is 1.20. The molecule has 66 valence electrons. The SMILES string of the molecule is C=Cc1ccc(C=C)c(C=C)c1O. The molecule has 0 aliphatic heterocycles. The van der Waals surface area contributed by atoms with Crippen LogP contribution in [0, 0.1) is 0 Å². The summed E-state index contributed by atoms with van der Waals surface area (Å²) in [5, 5.41) is 9.71. The molecule has 1 nitrogen and oxygen atoms in total. The molecule has 0 aromatic heterocycles. The summed E-state index contributed by atoms with van der Waals surface area (Å²) in [5.74, 6) is 0.211. The lowest BCUT2D eigenvalue weighted by molar-refractivity contribution is 0.472. The molecule has 13 heavy (non-hydrogen) atoms. The van der Waals surface area contributed by atoms with E-state index in [1.54, 1.807) is 24.3 Å². The van der Waals surface area contributed by atoms with Gasteiger partial charge in [0, 0.05) is 11.1 Å². The summed E-state index contributed by atoms with van der Waals surface area (Å²) in [6.07, 6.45) is 4.90. The highest BCUT2D eigenvalue weighted by atomic mass is 16.3. The van der Waals surface area contributed by atoms with Gasteiger partial charge >= 0.3 is 0 Å². The van der Waals surface area contributed by atoms with E-state index in [2.05, 4.69) is 19.7 Å². The van der Waals surface area contributed by atoms with E-state index in [9.17, 15) is 5.11 Å². The van der Waals surface area contributed by atoms with Gasteiger partial charge in [-0.05, 0) is 5.56 Å². The van der Waals surface area contributed by atoms with Gasteiger partial charge in [-0.15, -0.1) is 0 Å². The van der Waals surface area contributed by atoms with Gasteiger partial charge in [0.2, 0.25) is 0 Å². The minimum Gasteiger partial charge on any atom is -0.507 e. The highest BCUT2D eigenvalue weighted by Gasteiger charge is 2.05. The van der Waals surface area contributed by atoms with Gasteiger partial charge in [-0.1, -0.05) is 50.1 Å². The molecule has 0 heterocycles. The Bertz CT molecular complexity index is 362. The molecule has 1 rings (SSSR count). The quantitative estimate of drug-likeness (QED) is 0.741. The third kappa shape index (κ3) is 1.54. The summed E-state index contributed by atoms with van der Waals surface area (Å²) in [6.45, 7) is 10.9. The van der Waals surface area contributed by atoms with Crippen molar-refractivity contribution in [2.75, 3.05) is 0 Å². The molecule has 0 atom stereocenters. The van der Waals surface area contributed by atoms with Crippen molar-refractivity contribution >= 4 is 18.2 Å². The zero-order valence-electron chi connectivity index (χ0n) is 7.46. The Morgan fingerprint density at radius 2 is 1.46 bits per heavy atom. The van der Waals surface area contributed by atoms with Crippen LogP contribution in [0.1, 0.15) is 16.7 Å². The lowest BCUT2D eigenvalue weighted by Crippen LogP contribution is -1.84. The maximum Gasteiger partial charge on any atom is 0.130 e. The molecular formula is C12H12O. The molecule has 0 fully saturated rings. The number of phenols is 1. The van der Waals surface area contributed by atoms with Crippen LogP contribution in [-0.2, 0) is 0 Å². The first-order chi connectivity index (χ1) is 6.24. The molecule has 0 saturated heterocycles. The fraction of sp³-hybridized carbons (Fsp3) is 0. The molecule has 1 N–H and O–H groups in total. The molecule has 1 heteroatoms. The predicted molar refractivity (Wildman–Crippen MR) is 58.4 cm³/mol. The smallest absolute Gasteiger partial charge is 0.130 e. The zero-order valence-corrected chi connectivity index (χ0v) is 7.46. The molecule has 0 radical (unpaired) electrons. The third-order valence-electron chi connectivity index (χ3n) is 1.93. The first-order valence-corrected chi connectivity index (χ1v) is 3.98. The molecule has 0 bridgehead atoms. The van der Waals surface area contributed by atoms with Gasteiger partial charge in [0.05, 0.1) is 0 Å². The van der Waals surface area contributed by atoms with Crippen molar-refractivity contribution in [3.63, 3.8) is 0 Å². The molecule has 1 aromatic rings. The van der Waals surface area contributed by atoms with Crippen molar-refractivity contribution < 1.29 is 5.11 Å². The van der Waals surface area contributed by atoms with Gasteiger partial charge in [0.15, 0.2) is 0 Å². The third-order valence-corrected chi connectivity index (χ3v) is 1.93. The summed E-state index contributed by atoms with van der Waals surface area (Å²) in [7, 11) is 0. The van der Waals surface area contributed by atoms with Crippen LogP contribution in [0.3, 0.4) is 0 Å². The number of hydrogen-bond donors (Lipinski definition) is 1. The van der Waals surface area contributed by atoms with E-state index in [4.69, 9.17) is 0 Å². The Kier molecular flexibility index (Phi) is 2.70. The fourth-order valence-electron chi connectivity index (χ4n) is 1.20. The highest BCUT2D eigenvalue weighted by molar-refractivity contribution is 5.73. The van der Waals surface area contributed by atoms with E-state index < -0.39 is 0 Å². The average Bonchev–Trinajstić information content (AvgIpc) is 2.17. The second-order valence-electron chi connectivity index (χ2n) is 2.62. The van der Waals surface area contributed by atoms with Crippen LogP contribution in [0.4, 0.5) is 0 Å². The number of phenolic OH excluding ortho intramolecular Hbond substituents is 1. The second kappa shape index (κ2) is 3.76. The number of hydrogen-bond acceptors (Lipinski definition) is 1. The van der Waals surface area contributed by atoms with E-state index in [0.29, 0.717) is 11.1 Å². The van der Waals surface area contributed by atoms with Crippen molar-refractivity contribution in [1.29, 1.82) is 0 Å². The minimum absolute atomic E-state index is 0.211. The van der Waals surface area contributed by atoms with E-state index in [-0.39, 0.29) is 5.75 Å². The van der Waals surface area contributed by atoms with Crippen LogP contribution in [0.5, 0.6) is 5.75 Å². The number of aromatic hydroxyl groups is 1. The van der Waals surface area contributed by atoms with E-state index >= 15 is 0 Å². The van der Waals surface area contributed by atoms with Crippen molar-refractivity contribution in [1.82, 2.24) is 0 Å². The van der Waals surface area contributed by atoms with Crippen LogP contribution in [0.2, 0.25) is 0 Å². The van der Waals surface area contributed by atoms with Crippen molar-refractivity contribution in [3.8, 4) is 5.75 Å². The van der Waals surface area contributed by atoms with Gasteiger partial charge in [0.1, 0.15) is 5.75 Å². The Morgan fingerprint density at radius 3 is 1.92 bits per heavy atom. The summed E-state index contributed by atoms with van der Waals surface area (Å²) < 4.78 is 0. The number of benzene rings is 1. The van der Waals surface area contributed by atoms with Gasteiger partial charge in [-0.2, -0.15) is 0 Å². The molecule has 0 amide bonds. The summed E-state index contributed by atoms with van der Waals surface area (Å²) >= 11 is 0. The van der Waals surface area contributed by atoms with E-state index in [1.165, 1.54) is 0 Å². The van der Waals surface area contributed by atoms with Crippen molar-refractivity contribution in [2.45, 2.75) is 0 Å². The Morgan fingerprint density at radius 1 is 0.923 bits per heavy atom. The molecule has 0 aliphatic rings. The van der Waals surface area contributed by atoms with Crippen LogP contribution in [0.15, 0.2) is 31.9 Å². The van der Waals surface area contributed by atoms with E-state index in [0.717, 1.165) is 5.56 Å². The standard InChI is InChI=1S/C12H12O/c1-4-9-7-8-10(5-2)12(13)11(9)6-3/h4-8,13H,1-3H2. The monoisotopic (exact) mass is 172 g/mol. The predicted octanol–water partition coefficient (Wildman–Crippen LogP) is 3.32. The highest BCUT2D eigenvalue weighted by Crippen LogP contribution is 2.28. The molecule has 0 aliphatic carbocycles. The first-order valence-electron chi connectivity index (χ1n) is 3.98. The van der Waals surface area contributed by atoms with Gasteiger partial charge < -0.3 is 5.11 Å². The summed E-state index contributed by atoms with van der Waals surface area (Å²) in [6, 6.07) is 3.67. The lowest BCUT2D eigenvalue weighted by Gasteiger charge is -2.06. The van der Waals surface area contributed by atoms with Gasteiger partial charge in [0.25, 0.3) is 0 Å². The first kappa shape index (κ1) is 9.33. The van der Waals surface area contributed by atoms with Crippen LogP contribution in [0.25, 0.3) is 18.2 Å². The molecule has 0 unspecified atom stereocenters. The molecular weight excluding hydrogens is 160 g/mol. The van der Waals surface area contributed by atoms with Gasteiger partial charge in [-0.3, -0.25) is 0 Å². The minimum atomic E-state index is 0.211. The van der Waals surface area contributed by atoms with Crippen LogP contribution >= 0.6 is 0 Å². The summed E-state index contributed by atoms with van der Waals surface area (Å²) in [5.41, 5.74) is 2.28. The van der Waals surface area contributed by atoms with Crippen molar-refractivity contribution in [2.24, 2.45) is 0 Å². The maximum absolute atomic E-state index is 9.71. The summed E-state index contributed by atoms with van der Waals surface area (Å²) in [4.78, 5) is 0. The lowest BCUT2D eigenvalue weighted by atomic mass is 10.0. The van der Waals surface area contributed by atoms with E-state index in [1.807, 2.05) is 6.07 Å². The van der Waals surface area contributed by atoms with Gasteiger partial charge in [-0.25, -0.2) is 0 Å². The Balaban J connectivity index is 3.48. The second-order valence-corrected chi connectivity index (χ2v) is 2.62. The van der Waals surface area contributed by atoms with Crippen LogP contribution < -0.4 is 0 Å². The maximum atomic E-state index is 9.71. The molecule has 0 saturated carbocycles. The number of rotatable bonds is 3. The molecule has 1 aromatic carbocycles. The Labute approximate surface area is 78.3 Å². The Hall–Kier alpha value is -1.76. The average molecular weight is 172 g/mol.